The Kier molecular flexibility index (Phi) is 3.75. The summed E-state index contributed by atoms with van der Waals surface area (Å²) in [5.74, 6) is 1.54. The number of hydrogen-bond donors (Lipinski definition) is 2. The van der Waals surface area contributed by atoms with E-state index < -0.39 is 0 Å². The van der Waals surface area contributed by atoms with Crippen LogP contribution < -0.4 is 11.5 Å². The highest BCUT2D eigenvalue weighted by atomic mass is 32.2. The number of nitrogens with zero attached hydrogens (tertiary/aromatic N) is 2. The molecular formula is C14H16N4OS. The zero-order chi connectivity index (χ0) is 13.9. The molecule has 1 aromatic carbocycles. The third-order valence-corrected chi connectivity index (χ3v) is 4.11. The van der Waals surface area contributed by atoms with Crippen molar-refractivity contribution < 1.29 is 4.74 Å². The van der Waals surface area contributed by atoms with Crippen molar-refractivity contribution in [3.8, 4) is 0 Å². The maximum absolute atomic E-state index is 5.85. The fraction of sp³-hybridized carbons (Fsp3) is 0.286. The number of ether oxygens (including phenoxy) is 1. The Bertz CT molecular complexity index is 600. The molecule has 2 heterocycles. The second-order valence-corrected chi connectivity index (χ2v) is 5.61. The van der Waals surface area contributed by atoms with E-state index in [4.69, 9.17) is 16.2 Å². The third-order valence-electron chi connectivity index (χ3n) is 3.20. The van der Waals surface area contributed by atoms with Crippen LogP contribution in [0.2, 0.25) is 0 Å². The van der Waals surface area contributed by atoms with Crippen LogP contribution in [0.4, 0.5) is 11.6 Å². The van der Waals surface area contributed by atoms with Gasteiger partial charge in [0.25, 0.3) is 0 Å². The molecule has 1 unspecified atom stereocenters. The Balaban J connectivity index is 1.73. The molecule has 1 aliphatic rings. The minimum atomic E-state index is 0.0659. The minimum absolute atomic E-state index is 0.0659. The number of fused-ring (bicyclic) bond motifs is 1. The molecule has 5 nitrogen and oxygen atoms in total. The molecule has 0 bridgehead atoms. The summed E-state index contributed by atoms with van der Waals surface area (Å²) >= 11 is 1.51. The minimum Gasteiger partial charge on any atom is -0.383 e. The zero-order valence-corrected chi connectivity index (χ0v) is 11.8. The first kappa shape index (κ1) is 13.2. The van der Waals surface area contributed by atoms with Gasteiger partial charge >= 0.3 is 0 Å². The fourth-order valence-corrected chi connectivity index (χ4v) is 3.21. The Morgan fingerprint density at radius 1 is 1.20 bits per heavy atom. The first-order valence-electron chi connectivity index (χ1n) is 6.44. The molecule has 0 saturated heterocycles. The van der Waals surface area contributed by atoms with E-state index in [1.165, 1.54) is 22.9 Å². The number of aromatic nitrogens is 2. The van der Waals surface area contributed by atoms with E-state index in [2.05, 4.69) is 28.2 Å². The Labute approximate surface area is 121 Å². The zero-order valence-electron chi connectivity index (χ0n) is 11.0. The largest absolute Gasteiger partial charge is 0.383 e. The van der Waals surface area contributed by atoms with Crippen LogP contribution in [0.3, 0.4) is 0 Å². The second-order valence-electron chi connectivity index (χ2n) is 4.62. The summed E-state index contributed by atoms with van der Waals surface area (Å²) in [6.45, 7) is 0.752. The normalized spacial score (nSPS) is 17.7. The average Bonchev–Trinajstić information content (AvgIpc) is 2.44. The smallest absolute Gasteiger partial charge is 0.191 e. The van der Waals surface area contributed by atoms with Crippen molar-refractivity contribution >= 4 is 23.4 Å². The van der Waals surface area contributed by atoms with Gasteiger partial charge in [0.15, 0.2) is 5.16 Å². The van der Waals surface area contributed by atoms with Crippen molar-refractivity contribution in [3.05, 3.63) is 41.5 Å². The summed E-state index contributed by atoms with van der Waals surface area (Å²) in [5.41, 5.74) is 13.9. The summed E-state index contributed by atoms with van der Waals surface area (Å²) in [6, 6.07) is 9.94. The lowest BCUT2D eigenvalue weighted by Gasteiger charge is -2.25. The quantitative estimate of drug-likeness (QED) is 0.664. The molecular weight excluding hydrogens is 272 g/mol. The van der Waals surface area contributed by atoms with Crippen LogP contribution >= 0.6 is 11.8 Å². The van der Waals surface area contributed by atoms with Gasteiger partial charge in [0.1, 0.15) is 11.6 Å². The first-order chi connectivity index (χ1) is 9.72. The second kappa shape index (κ2) is 5.68. The fourth-order valence-electron chi connectivity index (χ4n) is 2.29. The monoisotopic (exact) mass is 288 g/mol. The number of thioether (sulfide) groups is 1. The van der Waals surface area contributed by atoms with Crippen LogP contribution in [-0.2, 0) is 11.2 Å². The van der Waals surface area contributed by atoms with Crippen molar-refractivity contribution in [2.24, 2.45) is 0 Å². The highest BCUT2D eigenvalue weighted by molar-refractivity contribution is 7.99. The van der Waals surface area contributed by atoms with Gasteiger partial charge in [-0.15, -0.1) is 0 Å². The number of nitrogens with two attached hydrogens (primary N) is 2. The Hall–Kier alpha value is -1.79. The molecule has 0 amide bonds. The van der Waals surface area contributed by atoms with E-state index in [9.17, 15) is 0 Å². The molecule has 1 aromatic heterocycles. The Morgan fingerprint density at radius 3 is 2.75 bits per heavy atom. The summed E-state index contributed by atoms with van der Waals surface area (Å²) < 4.78 is 5.85. The van der Waals surface area contributed by atoms with E-state index in [0.717, 1.165) is 18.8 Å². The maximum atomic E-state index is 5.85. The summed E-state index contributed by atoms with van der Waals surface area (Å²) in [6.07, 6.45) is 1.04. The van der Waals surface area contributed by atoms with Gasteiger partial charge in [-0.2, -0.15) is 0 Å². The van der Waals surface area contributed by atoms with E-state index >= 15 is 0 Å². The molecule has 1 aliphatic heterocycles. The van der Waals surface area contributed by atoms with Crippen molar-refractivity contribution in [2.75, 3.05) is 23.8 Å². The topological polar surface area (TPSA) is 87.1 Å². The highest BCUT2D eigenvalue weighted by Crippen LogP contribution is 2.31. The lowest BCUT2D eigenvalue weighted by molar-refractivity contribution is 0.0587. The van der Waals surface area contributed by atoms with E-state index in [0.29, 0.717) is 16.8 Å². The lowest BCUT2D eigenvalue weighted by Crippen LogP contribution is -2.18. The van der Waals surface area contributed by atoms with Crippen LogP contribution in [-0.4, -0.2) is 22.3 Å². The first-order valence-corrected chi connectivity index (χ1v) is 7.43. The van der Waals surface area contributed by atoms with E-state index in [1.807, 2.05) is 6.07 Å². The van der Waals surface area contributed by atoms with Crippen LogP contribution in [0.1, 0.15) is 17.2 Å². The molecule has 0 radical (unpaired) electrons. The van der Waals surface area contributed by atoms with Crippen LogP contribution in [0, 0.1) is 0 Å². The van der Waals surface area contributed by atoms with Crippen LogP contribution in [0.15, 0.2) is 35.5 Å². The number of benzene rings is 1. The molecule has 0 saturated carbocycles. The summed E-state index contributed by atoms with van der Waals surface area (Å²) in [5, 5.41) is 0.592. The lowest BCUT2D eigenvalue weighted by atomic mass is 9.99. The molecule has 6 heteroatoms. The van der Waals surface area contributed by atoms with Crippen LogP contribution in [0.25, 0.3) is 0 Å². The summed E-state index contributed by atoms with van der Waals surface area (Å²) in [4.78, 5) is 8.34. The van der Waals surface area contributed by atoms with Crippen molar-refractivity contribution in [1.82, 2.24) is 9.97 Å². The SMILES string of the molecule is Nc1cc(N)nc(SCC2OCCc3ccccc32)n1. The molecule has 0 spiro atoms. The standard InChI is InChI=1S/C14H16N4OS/c15-12-7-13(16)18-14(17-12)20-8-11-10-4-2-1-3-9(10)5-6-19-11/h1-4,7,11H,5-6,8H2,(H4,15,16,17,18). The maximum Gasteiger partial charge on any atom is 0.191 e. The molecule has 3 rings (SSSR count). The molecule has 2 aromatic rings. The van der Waals surface area contributed by atoms with E-state index in [1.54, 1.807) is 6.07 Å². The van der Waals surface area contributed by atoms with Gasteiger partial charge in [-0.05, 0) is 17.5 Å². The van der Waals surface area contributed by atoms with Crippen molar-refractivity contribution in [2.45, 2.75) is 17.7 Å². The van der Waals surface area contributed by atoms with Crippen molar-refractivity contribution in [3.63, 3.8) is 0 Å². The molecule has 20 heavy (non-hydrogen) atoms. The highest BCUT2D eigenvalue weighted by Gasteiger charge is 2.21. The van der Waals surface area contributed by atoms with Crippen LogP contribution in [0.5, 0.6) is 0 Å². The predicted octanol–water partition coefficient (Wildman–Crippen LogP) is 2.05. The third kappa shape index (κ3) is 2.86. The number of anilines is 2. The van der Waals surface area contributed by atoms with Gasteiger partial charge < -0.3 is 16.2 Å². The number of nitrogen functional groups attached to an aromatic ring is 2. The van der Waals surface area contributed by atoms with Gasteiger partial charge in [-0.1, -0.05) is 36.0 Å². The molecule has 0 aliphatic carbocycles. The van der Waals surface area contributed by atoms with Gasteiger partial charge in [-0.25, -0.2) is 9.97 Å². The Morgan fingerprint density at radius 2 is 1.95 bits per heavy atom. The van der Waals surface area contributed by atoms with Gasteiger partial charge in [0.05, 0.1) is 12.7 Å². The van der Waals surface area contributed by atoms with E-state index in [-0.39, 0.29) is 6.10 Å². The summed E-state index contributed by atoms with van der Waals surface area (Å²) in [7, 11) is 0. The molecule has 1 atom stereocenters. The average molecular weight is 288 g/mol. The molecule has 104 valence electrons. The van der Waals surface area contributed by atoms with Gasteiger partial charge in [-0.3, -0.25) is 0 Å². The predicted molar refractivity (Wildman–Crippen MR) is 80.4 cm³/mol. The molecule has 0 fully saturated rings. The van der Waals surface area contributed by atoms with Gasteiger partial charge in [0.2, 0.25) is 0 Å². The number of hydrogen-bond acceptors (Lipinski definition) is 6. The number of rotatable bonds is 3. The van der Waals surface area contributed by atoms with Crippen molar-refractivity contribution in [1.29, 1.82) is 0 Å². The molecule has 4 N–H and O–H groups in total. The van der Waals surface area contributed by atoms with Gasteiger partial charge in [0, 0.05) is 11.8 Å².